The summed E-state index contributed by atoms with van der Waals surface area (Å²) in [6.45, 7) is 4.80. The van der Waals surface area contributed by atoms with Gasteiger partial charge in [-0.2, -0.15) is 0 Å². The summed E-state index contributed by atoms with van der Waals surface area (Å²) in [5.74, 6) is 1.77. The topological polar surface area (TPSA) is 64.6 Å². The predicted octanol–water partition coefficient (Wildman–Crippen LogP) is 2.66. The summed E-state index contributed by atoms with van der Waals surface area (Å²) in [7, 11) is 2.07. The maximum Gasteiger partial charge on any atom is 0.120 e. The smallest absolute Gasteiger partial charge is 0.120 e. The van der Waals surface area contributed by atoms with Crippen molar-refractivity contribution in [2.24, 2.45) is 0 Å². The van der Waals surface area contributed by atoms with E-state index in [1.165, 1.54) is 31.2 Å². The zero-order valence-electron chi connectivity index (χ0n) is 16.3. The quantitative estimate of drug-likeness (QED) is 0.708. The summed E-state index contributed by atoms with van der Waals surface area (Å²) in [6, 6.07) is 8.11. The first-order valence-electron chi connectivity index (χ1n) is 9.98. The van der Waals surface area contributed by atoms with E-state index in [-0.39, 0.29) is 0 Å². The van der Waals surface area contributed by atoms with E-state index >= 15 is 0 Å². The van der Waals surface area contributed by atoms with Crippen molar-refractivity contribution in [1.82, 2.24) is 19.8 Å². The van der Waals surface area contributed by atoms with E-state index < -0.39 is 6.10 Å². The molecule has 6 heteroatoms. The molecule has 3 rings (SSSR count). The van der Waals surface area contributed by atoms with Crippen molar-refractivity contribution >= 4 is 0 Å². The molecular weight excluding hydrogens is 340 g/mol. The first kappa shape index (κ1) is 19.9. The van der Waals surface area contributed by atoms with Crippen LogP contribution in [0.25, 0.3) is 0 Å². The van der Waals surface area contributed by atoms with Crippen LogP contribution in [0.2, 0.25) is 0 Å². The predicted molar refractivity (Wildman–Crippen MR) is 107 cm³/mol. The Morgan fingerprint density at radius 3 is 2.78 bits per heavy atom. The van der Waals surface area contributed by atoms with E-state index in [1.54, 1.807) is 6.20 Å². The van der Waals surface area contributed by atoms with Gasteiger partial charge in [0.15, 0.2) is 0 Å². The third-order valence-corrected chi connectivity index (χ3v) is 4.94. The van der Waals surface area contributed by atoms with E-state index in [0.29, 0.717) is 13.2 Å². The van der Waals surface area contributed by atoms with Crippen molar-refractivity contribution in [3.63, 3.8) is 0 Å². The average molecular weight is 373 g/mol. The molecule has 1 aliphatic heterocycles. The van der Waals surface area contributed by atoms with E-state index in [1.807, 2.05) is 18.3 Å². The summed E-state index contributed by atoms with van der Waals surface area (Å²) < 4.78 is 5.85. The van der Waals surface area contributed by atoms with Crippen LogP contribution >= 0.6 is 0 Å². The highest BCUT2D eigenvalue weighted by Gasteiger charge is 2.14. The lowest BCUT2D eigenvalue weighted by Crippen LogP contribution is -2.36. The van der Waals surface area contributed by atoms with Crippen molar-refractivity contribution in [3.05, 3.63) is 48.0 Å². The first-order chi connectivity index (χ1) is 13.2. The second kappa shape index (κ2) is 10.4. The molecule has 0 aliphatic carbocycles. The summed E-state index contributed by atoms with van der Waals surface area (Å²) >= 11 is 0. The van der Waals surface area contributed by atoms with E-state index in [9.17, 15) is 5.11 Å². The molecule has 0 bridgehead atoms. The SMILES string of the molecule is CN(Cc1cccc(OC[C@H](O)CN2CCCCCC2)c1)Cc1ncc[nH]1. The Morgan fingerprint density at radius 1 is 1.22 bits per heavy atom. The lowest BCUT2D eigenvalue weighted by atomic mass is 10.2. The van der Waals surface area contributed by atoms with Crippen LogP contribution in [0, 0.1) is 0 Å². The van der Waals surface area contributed by atoms with Crippen molar-refractivity contribution < 1.29 is 9.84 Å². The number of hydrogen-bond acceptors (Lipinski definition) is 5. The molecule has 2 N–H and O–H groups in total. The van der Waals surface area contributed by atoms with Gasteiger partial charge in [0.2, 0.25) is 0 Å². The Balaban J connectivity index is 1.44. The number of H-pyrrole nitrogens is 1. The molecule has 0 saturated carbocycles. The fourth-order valence-electron chi connectivity index (χ4n) is 3.60. The van der Waals surface area contributed by atoms with Crippen LogP contribution in [0.1, 0.15) is 37.1 Å². The molecule has 27 heavy (non-hydrogen) atoms. The molecule has 0 amide bonds. The monoisotopic (exact) mass is 372 g/mol. The van der Waals surface area contributed by atoms with Gasteiger partial charge in [0.05, 0.1) is 6.54 Å². The van der Waals surface area contributed by atoms with Crippen molar-refractivity contribution in [2.75, 3.05) is 33.3 Å². The minimum absolute atomic E-state index is 0.336. The normalized spacial score (nSPS) is 17.0. The van der Waals surface area contributed by atoms with Crippen molar-refractivity contribution in [1.29, 1.82) is 0 Å². The number of nitrogens with one attached hydrogen (secondary N) is 1. The van der Waals surface area contributed by atoms with Gasteiger partial charge in [-0.3, -0.25) is 4.90 Å². The summed E-state index contributed by atoms with van der Waals surface area (Å²) in [5.41, 5.74) is 1.18. The number of hydrogen-bond donors (Lipinski definition) is 2. The number of likely N-dealkylation sites (tertiary alicyclic amines) is 1. The molecule has 0 spiro atoms. The molecule has 1 saturated heterocycles. The Bertz CT molecular complexity index is 654. The summed E-state index contributed by atoms with van der Waals surface area (Å²) in [6.07, 6.45) is 8.26. The fraction of sp³-hybridized carbons (Fsp3) is 0.571. The zero-order valence-corrected chi connectivity index (χ0v) is 16.3. The average Bonchev–Trinajstić information content (AvgIpc) is 3.02. The van der Waals surface area contributed by atoms with Crippen molar-refractivity contribution in [3.8, 4) is 5.75 Å². The largest absolute Gasteiger partial charge is 0.491 e. The number of β-amino-alcohol motifs (C(OH)–C–C–N with tert-alkyl or cyclic N) is 1. The van der Waals surface area contributed by atoms with Crippen LogP contribution in [0.4, 0.5) is 0 Å². The lowest BCUT2D eigenvalue weighted by Gasteiger charge is -2.23. The number of aromatic amines is 1. The second-order valence-corrected chi connectivity index (χ2v) is 7.54. The second-order valence-electron chi connectivity index (χ2n) is 7.54. The van der Waals surface area contributed by atoms with Gasteiger partial charge in [0.1, 0.15) is 24.3 Å². The maximum absolute atomic E-state index is 10.3. The third kappa shape index (κ3) is 6.97. The molecule has 0 radical (unpaired) electrons. The van der Waals surface area contributed by atoms with Crippen LogP contribution in [-0.2, 0) is 13.1 Å². The third-order valence-electron chi connectivity index (χ3n) is 4.94. The number of imidazole rings is 1. The van der Waals surface area contributed by atoms with Gasteiger partial charge in [-0.15, -0.1) is 0 Å². The van der Waals surface area contributed by atoms with Crippen LogP contribution in [0.3, 0.4) is 0 Å². The highest BCUT2D eigenvalue weighted by molar-refractivity contribution is 5.28. The number of benzene rings is 1. The van der Waals surface area contributed by atoms with Gasteiger partial charge >= 0.3 is 0 Å². The highest BCUT2D eigenvalue weighted by atomic mass is 16.5. The van der Waals surface area contributed by atoms with Gasteiger partial charge in [-0.1, -0.05) is 25.0 Å². The van der Waals surface area contributed by atoms with Crippen LogP contribution in [0.5, 0.6) is 5.75 Å². The molecule has 1 aliphatic rings. The first-order valence-corrected chi connectivity index (χ1v) is 9.98. The number of aliphatic hydroxyl groups excluding tert-OH is 1. The number of ether oxygens (including phenoxy) is 1. The Kier molecular flexibility index (Phi) is 7.68. The summed E-state index contributed by atoms with van der Waals surface area (Å²) in [4.78, 5) is 12.0. The van der Waals surface area contributed by atoms with Gasteiger partial charge in [0.25, 0.3) is 0 Å². The van der Waals surface area contributed by atoms with Crippen molar-refractivity contribution in [2.45, 2.75) is 44.9 Å². The standard InChI is InChI=1S/C21H32N4O2/c1-24(16-21-22-9-10-23-21)14-18-7-6-8-20(13-18)27-17-19(26)15-25-11-4-2-3-5-12-25/h6-10,13,19,26H,2-5,11-12,14-17H2,1H3,(H,22,23)/t19-/m1/s1. The molecule has 1 aromatic carbocycles. The minimum atomic E-state index is -0.451. The number of nitrogens with zero attached hydrogens (tertiary/aromatic N) is 3. The molecule has 0 unspecified atom stereocenters. The van der Waals surface area contributed by atoms with Gasteiger partial charge < -0.3 is 19.7 Å². The Hall–Kier alpha value is -1.89. The molecule has 1 aromatic heterocycles. The van der Waals surface area contributed by atoms with Crippen LogP contribution < -0.4 is 4.74 Å². The van der Waals surface area contributed by atoms with Gasteiger partial charge in [-0.05, 0) is 50.7 Å². The molecule has 148 valence electrons. The lowest BCUT2D eigenvalue weighted by molar-refractivity contribution is 0.0693. The fourth-order valence-corrected chi connectivity index (χ4v) is 3.60. The van der Waals surface area contributed by atoms with Crippen LogP contribution in [-0.4, -0.2) is 64.3 Å². The Labute approximate surface area is 162 Å². The Morgan fingerprint density at radius 2 is 2.04 bits per heavy atom. The van der Waals surface area contributed by atoms with E-state index in [4.69, 9.17) is 4.74 Å². The zero-order chi connectivity index (χ0) is 18.9. The van der Waals surface area contributed by atoms with Crippen LogP contribution in [0.15, 0.2) is 36.7 Å². The molecule has 1 atom stereocenters. The maximum atomic E-state index is 10.3. The summed E-state index contributed by atoms with van der Waals surface area (Å²) in [5, 5.41) is 10.3. The molecule has 2 heterocycles. The van der Waals surface area contributed by atoms with Gasteiger partial charge in [-0.25, -0.2) is 4.98 Å². The molecule has 1 fully saturated rings. The number of rotatable bonds is 9. The molecule has 2 aromatic rings. The minimum Gasteiger partial charge on any atom is -0.491 e. The molecule has 6 nitrogen and oxygen atoms in total. The number of aromatic nitrogens is 2. The van der Waals surface area contributed by atoms with E-state index in [0.717, 1.165) is 37.8 Å². The van der Waals surface area contributed by atoms with E-state index in [2.05, 4.69) is 38.9 Å². The highest BCUT2D eigenvalue weighted by Crippen LogP contribution is 2.16. The number of aliphatic hydroxyl groups is 1. The van der Waals surface area contributed by atoms with Gasteiger partial charge in [0, 0.05) is 25.5 Å². The molecular formula is C21H32N4O2.